The lowest BCUT2D eigenvalue weighted by atomic mass is 10.0. The van der Waals surface area contributed by atoms with Crippen molar-refractivity contribution in [3.63, 3.8) is 0 Å². The van der Waals surface area contributed by atoms with Gasteiger partial charge in [0.05, 0.1) is 6.61 Å². The van der Waals surface area contributed by atoms with Crippen LogP contribution in [-0.4, -0.2) is 12.8 Å². The second kappa shape index (κ2) is 3.41. The zero-order chi connectivity index (χ0) is 12.0. The van der Waals surface area contributed by atoms with Crippen LogP contribution in [0.4, 0.5) is 22.0 Å². The minimum Gasteiger partial charge on any atom is -0.368 e. The Kier molecular flexibility index (Phi) is 2.41. The number of ether oxygens (including phenoxy) is 1. The molecule has 2 rings (SSSR count). The first-order chi connectivity index (χ1) is 7.32. The summed E-state index contributed by atoms with van der Waals surface area (Å²) in [6.07, 6.45) is -5.72. The highest BCUT2D eigenvalue weighted by Crippen LogP contribution is 2.44. The second-order valence-electron chi connectivity index (χ2n) is 3.52. The number of rotatable bonds is 2. The molecular formula is C10H7F5O. The molecule has 1 aromatic rings. The molecule has 1 aliphatic rings. The smallest absolute Gasteiger partial charge is 0.368 e. The van der Waals surface area contributed by atoms with Crippen LogP contribution >= 0.6 is 0 Å². The first kappa shape index (κ1) is 11.3. The molecule has 0 saturated carbocycles. The van der Waals surface area contributed by atoms with Crippen molar-refractivity contribution in [2.24, 2.45) is 0 Å². The van der Waals surface area contributed by atoms with Gasteiger partial charge in [-0.2, -0.15) is 22.0 Å². The van der Waals surface area contributed by atoms with Crippen molar-refractivity contribution in [3.05, 3.63) is 35.4 Å². The van der Waals surface area contributed by atoms with E-state index in [0.29, 0.717) is 12.2 Å². The average Bonchev–Trinajstić information content (AvgIpc) is 2.99. The molecule has 1 aliphatic heterocycles. The van der Waals surface area contributed by atoms with Crippen LogP contribution in [0, 0.1) is 0 Å². The molecule has 16 heavy (non-hydrogen) atoms. The van der Waals surface area contributed by atoms with E-state index in [0.717, 1.165) is 12.1 Å². The van der Waals surface area contributed by atoms with Gasteiger partial charge in [0.15, 0.2) is 0 Å². The van der Waals surface area contributed by atoms with Crippen LogP contribution in [0.3, 0.4) is 0 Å². The van der Waals surface area contributed by atoms with Gasteiger partial charge in [0, 0.05) is 5.56 Å². The summed E-state index contributed by atoms with van der Waals surface area (Å²) < 4.78 is 66.6. The number of hydrogen-bond acceptors (Lipinski definition) is 1. The Hall–Kier alpha value is -1.17. The minimum atomic E-state index is -5.56. The van der Waals surface area contributed by atoms with E-state index < -0.39 is 17.7 Å². The lowest BCUT2D eigenvalue weighted by Gasteiger charge is -2.19. The monoisotopic (exact) mass is 238 g/mol. The Morgan fingerprint density at radius 1 is 1.00 bits per heavy atom. The quantitative estimate of drug-likeness (QED) is 0.568. The fourth-order valence-corrected chi connectivity index (χ4v) is 1.31. The molecule has 88 valence electrons. The lowest BCUT2D eigenvalue weighted by molar-refractivity contribution is -0.289. The third kappa shape index (κ3) is 1.89. The lowest BCUT2D eigenvalue weighted by Crippen LogP contribution is -2.33. The largest absolute Gasteiger partial charge is 0.458 e. The first-order valence-electron chi connectivity index (χ1n) is 4.49. The van der Waals surface area contributed by atoms with Crippen molar-refractivity contribution in [1.82, 2.24) is 0 Å². The summed E-state index contributed by atoms with van der Waals surface area (Å²) in [4.78, 5) is 0. The molecule has 1 saturated heterocycles. The highest BCUT2D eigenvalue weighted by atomic mass is 19.4. The van der Waals surface area contributed by atoms with E-state index in [4.69, 9.17) is 4.74 Å². The van der Waals surface area contributed by atoms with Gasteiger partial charge in [0.2, 0.25) is 0 Å². The Morgan fingerprint density at radius 2 is 1.50 bits per heavy atom. The summed E-state index contributed by atoms with van der Waals surface area (Å²) >= 11 is 0. The number of epoxide rings is 1. The first-order valence-corrected chi connectivity index (χ1v) is 4.49. The summed E-state index contributed by atoms with van der Waals surface area (Å²) in [5.41, 5.74) is -0.439. The van der Waals surface area contributed by atoms with E-state index in [1.807, 2.05) is 0 Å². The standard InChI is InChI=1S/C10H7F5O/c11-9(12,10(13,14)15)7-3-1-6(2-4-7)8-5-16-8/h1-4,8H,5H2. The van der Waals surface area contributed by atoms with Crippen molar-refractivity contribution >= 4 is 0 Å². The zero-order valence-corrected chi connectivity index (χ0v) is 7.89. The predicted octanol–water partition coefficient (Wildman–Crippen LogP) is 3.41. The fraction of sp³-hybridized carbons (Fsp3) is 0.400. The number of hydrogen-bond donors (Lipinski definition) is 0. The van der Waals surface area contributed by atoms with Crippen molar-refractivity contribution in [2.45, 2.75) is 18.2 Å². The molecule has 1 aromatic carbocycles. The van der Waals surface area contributed by atoms with Crippen molar-refractivity contribution < 1.29 is 26.7 Å². The Labute approximate surface area is 87.8 Å². The molecule has 0 N–H and O–H groups in total. The van der Waals surface area contributed by atoms with Crippen LogP contribution in [0.2, 0.25) is 0 Å². The van der Waals surface area contributed by atoms with E-state index in [1.165, 1.54) is 12.1 Å². The predicted molar refractivity (Wildman–Crippen MR) is 45.1 cm³/mol. The van der Waals surface area contributed by atoms with E-state index in [2.05, 4.69) is 0 Å². The van der Waals surface area contributed by atoms with Crippen LogP contribution in [0.15, 0.2) is 24.3 Å². The van der Waals surface area contributed by atoms with Gasteiger partial charge in [-0.1, -0.05) is 24.3 Å². The van der Waals surface area contributed by atoms with E-state index in [9.17, 15) is 22.0 Å². The van der Waals surface area contributed by atoms with Crippen LogP contribution < -0.4 is 0 Å². The summed E-state index contributed by atoms with van der Waals surface area (Å²) in [6, 6.07) is 4.02. The highest BCUT2D eigenvalue weighted by Gasteiger charge is 2.58. The summed E-state index contributed by atoms with van der Waals surface area (Å²) in [7, 11) is 0. The zero-order valence-electron chi connectivity index (χ0n) is 7.89. The van der Waals surface area contributed by atoms with Crippen LogP contribution in [-0.2, 0) is 10.7 Å². The van der Waals surface area contributed by atoms with Crippen molar-refractivity contribution in [1.29, 1.82) is 0 Å². The van der Waals surface area contributed by atoms with Gasteiger partial charge in [0.1, 0.15) is 6.10 Å². The maximum atomic E-state index is 12.9. The molecule has 0 bridgehead atoms. The molecule has 1 fully saturated rings. The molecule has 0 spiro atoms. The van der Waals surface area contributed by atoms with Crippen LogP contribution in [0.5, 0.6) is 0 Å². The van der Waals surface area contributed by atoms with Gasteiger partial charge < -0.3 is 4.74 Å². The normalized spacial score (nSPS) is 20.9. The average molecular weight is 238 g/mol. The third-order valence-electron chi connectivity index (χ3n) is 2.33. The van der Waals surface area contributed by atoms with E-state index in [-0.39, 0.29) is 6.10 Å². The second-order valence-corrected chi connectivity index (χ2v) is 3.52. The molecule has 1 nitrogen and oxygen atoms in total. The van der Waals surface area contributed by atoms with Gasteiger partial charge in [-0.25, -0.2) is 0 Å². The number of benzene rings is 1. The Balaban J connectivity index is 2.26. The summed E-state index contributed by atoms with van der Waals surface area (Å²) in [6.45, 7) is 0.481. The number of alkyl halides is 5. The summed E-state index contributed by atoms with van der Waals surface area (Å²) in [5, 5.41) is 0. The maximum absolute atomic E-state index is 12.9. The molecule has 1 heterocycles. The third-order valence-corrected chi connectivity index (χ3v) is 2.33. The molecule has 0 radical (unpaired) electrons. The molecule has 1 atom stereocenters. The molecule has 0 aromatic heterocycles. The molecule has 0 amide bonds. The van der Waals surface area contributed by atoms with Crippen molar-refractivity contribution in [3.8, 4) is 0 Å². The highest BCUT2D eigenvalue weighted by molar-refractivity contribution is 5.29. The molecule has 0 aliphatic carbocycles. The minimum absolute atomic E-state index is 0.159. The van der Waals surface area contributed by atoms with Gasteiger partial charge in [0.25, 0.3) is 0 Å². The molecular weight excluding hydrogens is 231 g/mol. The fourth-order valence-electron chi connectivity index (χ4n) is 1.31. The molecule has 1 unspecified atom stereocenters. The topological polar surface area (TPSA) is 12.5 Å². The Morgan fingerprint density at radius 3 is 1.88 bits per heavy atom. The van der Waals surface area contributed by atoms with Crippen molar-refractivity contribution in [2.75, 3.05) is 6.61 Å². The SMILES string of the molecule is FC(F)(F)C(F)(F)c1ccc(C2CO2)cc1. The van der Waals surface area contributed by atoms with Crippen LogP contribution in [0.1, 0.15) is 17.2 Å². The maximum Gasteiger partial charge on any atom is 0.458 e. The van der Waals surface area contributed by atoms with E-state index in [1.54, 1.807) is 0 Å². The van der Waals surface area contributed by atoms with Gasteiger partial charge >= 0.3 is 12.1 Å². The summed E-state index contributed by atoms with van der Waals surface area (Å²) in [5.74, 6) is -4.81. The van der Waals surface area contributed by atoms with Gasteiger partial charge in [-0.15, -0.1) is 0 Å². The Bertz CT molecular complexity index is 377. The van der Waals surface area contributed by atoms with Gasteiger partial charge in [-0.05, 0) is 5.56 Å². The number of halogens is 5. The molecule has 6 heteroatoms. The van der Waals surface area contributed by atoms with Gasteiger partial charge in [-0.3, -0.25) is 0 Å². The van der Waals surface area contributed by atoms with E-state index >= 15 is 0 Å². The van der Waals surface area contributed by atoms with Crippen LogP contribution in [0.25, 0.3) is 0 Å².